The van der Waals surface area contributed by atoms with Crippen molar-refractivity contribution in [1.29, 1.82) is 0 Å². The van der Waals surface area contributed by atoms with Gasteiger partial charge < -0.3 is 15.5 Å². The summed E-state index contributed by atoms with van der Waals surface area (Å²) in [5.74, 6) is 0.106. The topological polar surface area (TPSA) is 66.6 Å². The number of hydrogen-bond acceptors (Lipinski definition) is 3. The summed E-state index contributed by atoms with van der Waals surface area (Å²) in [6.45, 7) is 8.04. The minimum Gasteiger partial charge on any atom is -0.339 e. The van der Waals surface area contributed by atoms with Crippen LogP contribution < -0.4 is 5.73 Å². The molecule has 1 fully saturated rings. The molecule has 0 aromatic heterocycles. The van der Waals surface area contributed by atoms with Crippen molar-refractivity contribution < 1.29 is 9.59 Å². The number of carbonyl (C=O) groups is 2. The summed E-state index contributed by atoms with van der Waals surface area (Å²) >= 11 is 0. The predicted octanol–water partition coefficient (Wildman–Crippen LogP) is 1.70. The molecule has 2 N–H and O–H groups in total. The quantitative estimate of drug-likeness (QED) is 0.899. The molecule has 1 atom stereocenters. The molecular weight excluding hydrogens is 326 g/mol. The van der Waals surface area contributed by atoms with E-state index in [-0.39, 0.29) is 29.6 Å². The number of nitrogens with zero attached hydrogens (tertiary/aromatic N) is 2. The molecule has 0 saturated carbocycles. The van der Waals surface area contributed by atoms with Crippen molar-refractivity contribution in [2.45, 2.75) is 33.2 Å². The van der Waals surface area contributed by atoms with Gasteiger partial charge in [0.1, 0.15) is 0 Å². The van der Waals surface area contributed by atoms with Crippen LogP contribution in [0.3, 0.4) is 0 Å². The van der Waals surface area contributed by atoms with E-state index in [1.54, 1.807) is 4.90 Å². The Morgan fingerprint density at radius 2 is 1.54 bits per heavy atom. The average molecular weight is 354 g/mol. The van der Waals surface area contributed by atoms with Crippen molar-refractivity contribution in [2.24, 2.45) is 11.1 Å². The molecule has 24 heavy (non-hydrogen) atoms. The van der Waals surface area contributed by atoms with Crippen LogP contribution in [0.1, 0.15) is 26.3 Å². The van der Waals surface area contributed by atoms with Crippen LogP contribution in [0.15, 0.2) is 30.3 Å². The van der Waals surface area contributed by atoms with E-state index < -0.39 is 6.04 Å². The first-order valence-electron chi connectivity index (χ1n) is 8.16. The normalized spacial score (nSPS) is 16.3. The van der Waals surface area contributed by atoms with Gasteiger partial charge in [-0.15, -0.1) is 12.4 Å². The Morgan fingerprint density at radius 3 is 2.04 bits per heavy atom. The maximum atomic E-state index is 12.5. The number of halogens is 1. The highest BCUT2D eigenvalue weighted by Crippen LogP contribution is 2.19. The Bertz CT molecular complexity index is 549. The van der Waals surface area contributed by atoms with Gasteiger partial charge in [0.2, 0.25) is 11.8 Å². The first kappa shape index (κ1) is 20.5. The van der Waals surface area contributed by atoms with Crippen molar-refractivity contribution in [1.82, 2.24) is 9.80 Å². The lowest BCUT2D eigenvalue weighted by Crippen LogP contribution is -2.56. The van der Waals surface area contributed by atoms with Crippen LogP contribution in [0, 0.1) is 5.41 Å². The zero-order valence-corrected chi connectivity index (χ0v) is 15.5. The highest BCUT2D eigenvalue weighted by Gasteiger charge is 2.31. The third-order valence-electron chi connectivity index (χ3n) is 4.14. The SMILES string of the molecule is CC(C)(C)C(=O)N1CCN(C(=O)[C@@H](N)Cc2ccccc2)CC1.Cl. The van der Waals surface area contributed by atoms with Crippen molar-refractivity contribution in [3.63, 3.8) is 0 Å². The molecule has 0 spiro atoms. The van der Waals surface area contributed by atoms with Crippen molar-refractivity contribution in [3.8, 4) is 0 Å². The second-order valence-electron chi connectivity index (χ2n) is 7.16. The Labute approximate surface area is 150 Å². The molecule has 5 nitrogen and oxygen atoms in total. The maximum Gasteiger partial charge on any atom is 0.239 e. The molecule has 0 aliphatic carbocycles. The van der Waals surface area contributed by atoms with Crippen molar-refractivity contribution in [2.75, 3.05) is 26.2 Å². The van der Waals surface area contributed by atoms with E-state index in [0.29, 0.717) is 32.6 Å². The van der Waals surface area contributed by atoms with E-state index in [1.807, 2.05) is 56.0 Å². The third-order valence-corrected chi connectivity index (χ3v) is 4.14. The van der Waals surface area contributed by atoms with Crippen LogP contribution in [-0.4, -0.2) is 53.8 Å². The monoisotopic (exact) mass is 353 g/mol. The Kier molecular flexibility index (Phi) is 7.24. The second kappa shape index (κ2) is 8.49. The molecular formula is C18H28ClN3O2. The van der Waals surface area contributed by atoms with Crippen LogP contribution in [0.4, 0.5) is 0 Å². The largest absolute Gasteiger partial charge is 0.339 e. The molecule has 1 aromatic rings. The number of rotatable bonds is 3. The lowest BCUT2D eigenvalue weighted by atomic mass is 9.94. The number of hydrogen-bond donors (Lipinski definition) is 1. The Morgan fingerprint density at radius 1 is 1.04 bits per heavy atom. The predicted molar refractivity (Wildman–Crippen MR) is 98.0 cm³/mol. The zero-order valence-electron chi connectivity index (χ0n) is 14.7. The molecule has 134 valence electrons. The fourth-order valence-corrected chi connectivity index (χ4v) is 2.79. The van der Waals surface area contributed by atoms with Gasteiger partial charge in [-0.1, -0.05) is 51.1 Å². The smallest absolute Gasteiger partial charge is 0.239 e. The summed E-state index contributed by atoms with van der Waals surface area (Å²) < 4.78 is 0. The Hall–Kier alpha value is -1.59. The van der Waals surface area contributed by atoms with Crippen molar-refractivity contribution >= 4 is 24.2 Å². The summed E-state index contributed by atoms with van der Waals surface area (Å²) in [6.07, 6.45) is 0.542. The molecule has 1 aliphatic heterocycles. The van der Waals surface area contributed by atoms with Gasteiger partial charge in [-0.3, -0.25) is 9.59 Å². The molecule has 2 rings (SSSR count). The van der Waals surface area contributed by atoms with Crippen LogP contribution in [0.5, 0.6) is 0 Å². The van der Waals surface area contributed by atoms with Gasteiger partial charge in [0.25, 0.3) is 0 Å². The highest BCUT2D eigenvalue weighted by molar-refractivity contribution is 5.85. The fraction of sp³-hybridized carbons (Fsp3) is 0.556. The number of carbonyl (C=O) groups excluding carboxylic acids is 2. The maximum absolute atomic E-state index is 12.5. The van der Waals surface area contributed by atoms with Gasteiger partial charge in [-0.2, -0.15) is 0 Å². The molecule has 6 heteroatoms. The van der Waals surface area contributed by atoms with Gasteiger partial charge in [-0.05, 0) is 12.0 Å². The zero-order chi connectivity index (χ0) is 17.0. The van der Waals surface area contributed by atoms with Crippen LogP contribution in [-0.2, 0) is 16.0 Å². The number of piperazine rings is 1. The lowest BCUT2D eigenvalue weighted by molar-refractivity contribution is -0.145. The molecule has 1 aromatic carbocycles. The minimum atomic E-state index is -0.526. The molecule has 0 bridgehead atoms. The summed E-state index contributed by atoms with van der Waals surface area (Å²) in [5.41, 5.74) is 6.76. The van der Waals surface area contributed by atoms with E-state index in [2.05, 4.69) is 0 Å². The summed E-state index contributed by atoms with van der Waals surface area (Å²) in [6, 6.07) is 9.28. The van der Waals surface area contributed by atoms with Gasteiger partial charge >= 0.3 is 0 Å². The number of benzene rings is 1. The van der Waals surface area contributed by atoms with E-state index in [1.165, 1.54) is 0 Å². The van der Waals surface area contributed by atoms with E-state index in [4.69, 9.17) is 5.73 Å². The average Bonchev–Trinajstić information content (AvgIpc) is 2.53. The molecule has 1 heterocycles. The molecule has 1 saturated heterocycles. The third kappa shape index (κ3) is 5.21. The van der Waals surface area contributed by atoms with Crippen LogP contribution in [0.2, 0.25) is 0 Å². The first-order chi connectivity index (χ1) is 10.8. The summed E-state index contributed by atoms with van der Waals surface area (Å²) in [5, 5.41) is 0. The molecule has 1 aliphatic rings. The first-order valence-corrected chi connectivity index (χ1v) is 8.16. The van der Waals surface area contributed by atoms with E-state index in [9.17, 15) is 9.59 Å². The van der Waals surface area contributed by atoms with E-state index >= 15 is 0 Å². The second-order valence-corrected chi connectivity index (χ2v) is 7.16. The van der Waals surface area contributed by atoms with Gasteiger partial charge in [0, 0.05) is 31.6 Å². The fourth-order valence-electron chi connectivity index (χ4n) is 2.79. The molecule has 2 amide bonds. The van der Waals surface area contributed by atoms with Crippen LogP contribution in [0.25, 0.3) is 0 Å². The number of nitrogens with two attached hydrogens (primary N) is 1. The standard InChI is InChI=1S/C18H27N3O2.ClH/c1-18(2,3)17(23)21-11-9-20(10-12-21)16(22)15(19)13-14-7-5-4-6-8-14;/h4-8,15H,9-13,19H2,1-3H3;1H/t15-;/m0./s1. The molecule has 0 radical (unpaired) electrons. The van der Waals surface area contributed by atoms with E-state index in [0.717, 1.165) is 5.56 Å². The van der Waals surface area contributed by atoms with Gasteiger partial charge in [0.05, 0.1) is 6.04 Å². The Balaban J connectivity index is 0.00000288. The lowest BCUT2D eigenvalue weighted by Gasteiger charge is -2.38. The number of amides is 2. The summed E-state index contributed by atoms with van der Waals surface area (Å²) in [7, 11) is 0. The minimum absolute atomic E-state index is 0. The van der Waals surface area contributed by atoms with Crippen molar-refractivity contribution in [3.05, 3.63) is 35.9 Å². The van der Waals surface area contributed by atoms with Crippen LogP contribution >= 0.6 is 12.4 Å². The highest BCUT2D eigenvalue weighted by atomic mass is 35.5. The van der Waals surface area contributed by atoms with Gasteiger partial charge in [-0.25, -0.2) is 0 Å². The van der Waals surface area contributed by atoms with Gasteiger partial charge in [0.15, 0.2) is 0 Å². The molecule has 0 unspecified atom stereocenters. The summed E-state index contributed by atoms with van der Waals surface area (Å²) in [4.78, 5) is 28.4.